The molecule has 0 heterocycles. The SMILES string of the molecule is CCN(CC)S(=O)(=O)c1ccc(NC(=O)c2ccc(OCCOC)c(Br)c2)cc1. The number of amides is 1. The van der Waals surface area contributed by atoms with E-state index in [-0.39, 0.29) is 10.8 Å². The van der Waals surface area contributed by atoms with Crippen LogP contribution in [0.3, 0.4) is 0 Å². The Morgan fingerprint density at radius 1 is 1.07 bits per heavy atom. The van der Waals surface area contributed by atoms with Gasteiger partial charge in [0.25, 0.3) is 5.91 Å². The number of hydrogen-bond donors (Lipinski definition) is 1. The summed E-state index contributed by atoms with van der Waals surface area (Å²) >= 11 is 3.39. The van der Waals surface area contributed by atoms with Crippen molar-refractivity contribution in [2.24, 2.45) is 0 Å². The molecule has 9 heteroatoms. The molecule has 0 aromatic heterocycles. The molecule has 0 fully saturated rings. The Hall–Kier alpha value is -1.94. The van der Waals surface area contributed by atoms with E-state index in [1.54, 1.807) is 51.3 Å². The lowest BCUT2D eigenvalue weighted by Gasteiger charge is -2.18. The number of sulfonamides is 1. The molecule has 29 heavy (non-hydrogen) atoms. The molecule has 0 spiro atoms. The summed E-state index contributed by atoms with van der Waals surface area (Å²) in [6.45, 7) is 5.26. The number of methoxy groups -OCH3 is 1. The Labute approximate surface area is 180 Å². The molecule has 2 rings (SSSR count). The molecule has 0 aliphatic carbocycles. The van der Waals surface area contributed by atoms with Crippen LogP contribution in [0, 0.1) is 0 Å². The van der Waals surface area contributed by atoms with E-state index in [4.69, 9.17) is 9.47 Å². The van der Waals surface area contributed by atoms with Crippen LogP contribution in [0.4, 0.5) is 5.69 Å². The number of carbonyl (C=O) groups excluding carboxylic acids is 1. The number of nitrogens with zero attached hydrogens (tertiary/aromatic N) is 1. The molecule has 1 amide bonds. The smallest absolute Gasteiger partial charge is 0.255 e. The van der Waals surface area contributed by atoms with Gasteiger partial charge in [-0.1, -0.05) is 13.8 Å². The number of hydrogen-bond acceptors (Lipinski definition) is 5. The molecule has 158 valence electrons. The van der Waals surface area contributed by atoms with Crippen LogP contribution in [0.15, 0.2) is 51.8 Å². The van der Waals surface area contributed by atoms with Gasteiger partial charge in [-0.25, -0.2) is 8.42 Å². The van der Waals surface area contributed by atoms with Gasteiger partial charge in [0.15, 0.2) is 0 Å². The van der Waals surface area contributed by atoms with Gasteiger partial charge < -0.3 is 14.8 Å². The summed E-state index contributed by atoms with van der Waals surface area (Å²) < 4.78 is 37.6. The van der Waals surface area contributed by atoms with E-state index >= 15 is 0 Å². The monoisotopic (exact) mass is 484 g/mol. The zero-order valence-corrected chi connectivity index (χ0v) is 19.0. The molecule has 0 unspecified atom stereocenters. The molecule has 0 saturated heterocycles. The molecule has 0 bridgehead atoms. The predicted octanol–water partition coefficient (Wildman–Crippen LogP) is 3.76. The van der Waals surface area contributed by atoms with Crippen LogP contribution < -0.4 is 10.1 Å². The van der Waals surface area contributed by atoms with Crippen molar-refractivity contribution in [2.75, 3.05) is 38.7 Å². The average Bonchev–Trinajstić information content (AvgIpc) is 2.70. The van der Waals surface area contributed by atoms with Gasteiger partial charge in [0.05, 0.1) is 16.0 Å². The zero-order chi connectivity index (χ0) is 21.4. The predicted molar refractivity (Wildman–Crippen MR) is 116 cm³/mol. The molecule has 1 N–H and O–H groups in total. The highest BCUT2D eigenvalue weighted by atomic mass is 79.9. The number of rotatable bonds is 10. The lowest BCUT2D eigenvalue weighted by atomic mass is 10.2. The van der Waals surface area contributed by atoms with Gasteiger partial charge in [0.1, 0.15) is 12.4 Å². The number of anilines is 1. The van der Waals surface area contributed by atoms with Gasteiger partial charge >= 0.3 is 0 Å². The van der Waals surface area contributed by atoms with Gasteiger partial charge in [0.2, 0.25) is 10.0 Å². The maximum Gasteiger partial charge on any atom is 0.255 e. The van der Waals surface area contributed by atoms with E-state index in [0.717, 1.165) is 0 Å². The second-order valence-corrected chi connectivity index (χ2v) is 8.85. The average molecular weight is 485 g/mol. The first kappa shape index (κ1) is 23.3. The maximum absolute atomic E-state index is 12.5. The van der Waals surface area contributed by atoms with Gasteiger partial charge in [-0.3, -0.25) is 4.79 Å². The highest BCUT2D eigenvalue weighted by Crippen LogP contribution is 2.26. The molecule has 2 aromatic carbocycles. The van der Waals surface area contributed by atoms with Crippen molar-refractivity contribution in [3.8, 4) is 5.75 Å². The first-order valence-corrected chi connectivity index (χ1v) is 11.4. The Morgan fingerprint density at radius 3 is 2.28 bits per heavy atom. The van der Waals surface area contributed by atoms with Crippen molar-refractivity contribution >= 4 is 37.5 Å². The fourth-order valence-electron chi connectivity index (χ4n) is 2.62. The van der Waals surface area contributed by atoms with Crippen LogP contribution in [0.2, 0.25) is 0 Å². The highest BCUT2D eigenvalue weighted by molar-refractivity contribution is 9.10. The normalized spacial score (nSPS) is 11.5. The fourth-order valence-corrected chi connectivity index (χ4v) is 4.57. The van der Waals surface area contributed by atoms with Crippen molar-refractivity contribution in [1.29, 1.82) is 0 Å². The summed E-state index contributed by atoms with van der Waals surface area (Å²) in [6.07, 6.45) is 0. The molecule has 0 aliphatic heterocycles. The van der Waals surface area contributed by atoms with Crippen LogP contribution in [0.1, 0.15) is 24.2 Å². The fraction of sp³-hybridized carbons (Fsp3) is 0.350. The van der Waals surface area contributed by atoms with Gasteiger partial charge in [0, 0.05) is 31.5 Å². The molecule has 7 nitrogen and oxygen atoms in total. The van der Waals surface area contributed by atoms with Crippen molar-refractivity contribution in [3.63, 3.8) is 0 Å². The van der Waals surface area contributed by atoms with Gasteiger partial charge in [-0.05, 0) is 58.4 Å². The number of carbonyl (C=O) groups is 1. The van der Waals surface area contributed by atoms with E-state index < -0.39 is 10.0 Å². The third-order valence-corrected chi connectivity index (χ3v) is 6.88. The summed E-state index contributed by atoms with van der Waals surface area (Å²) in [4.78, 5) is 12.7. The highest BCUT2D eigenvalue weighted by Gasteiger charge is 2.21. The summed E-state index contributed by atoms with van der Waals surface area (Å²) in [5, 5.41) is 2.76. The van der Waals surface area contributed by atoms with Crippen molar-refractivity contribution in [1.82, 2.24) is 4.31 Å². The minimum Gasteiger partial charge on any atom is -0.490 e. The van der Waals surface area contributed by atoms with Crippen LogP contribution in [0.25, 0.3) is 0 Å². The van der Waals surface area contributed by atoms with Crippen LogP contribution in [0.5, 0.6) is 5.75 Å². The Balaban J connectivity index is 2.08. The maximum atomic E-state index is 12.5. The quantitative estimate of drug-likeness (QED) is 0.518. The third kappa shape index (κ3) is 6.02. The van der Waals surface area contributed by atoms with E-state index in [2.05, 4.69) is 21.2 Å². The Bertz CT molecular complexity index is 928. The third-order valence-electron chi connectivity index (χ3n) is 4.19. The van der Waals surface area contributed by atoms with Crippen molar-refractivity contribution < 1.29 is 22.7 Å². The van der Waals surface area contributed by atoms with E-state index in [9.17, 15) is 13.2 Å². The van der Waals surface area contributed by atoms with Gasteiger partial charge in [-0.2, -0.15) is 4.31 Å². The summed E-state index contributed by atoms with van der Waals surface area (Å²) in [5.74, 6) is 0.304. The van der Waals surface area contributed by atoms with Gasteiger partial charge in [-0.15, -0.1) is 0 Å². The summed E-state index contributed by atoms with van der Waals surface area (Å²) in [6, 6.07) is 11.2. The van der Waals surface area contributed by atoms with E-state index in [0.29, 0.717) is 47.8 Å². The Morgan fingerprint density at radius 2 is 1.72 bits per heavy atom. The van der Waals surface area contributed by atoms with Crippen LogP contribution in [-0.2, 0) is 14.8 Å². The Kier molecular flexibility index (Phi) is 8.63. The molecular formula is C20H25BrN2O5S. The first-order valence-electron chi connectivity index (χ1n) is 9.16. The van der Waals surface area contributed by atoms with E-state index in [1.807, 2.05) is 0 Å². The molecule has 2 aromatic rings. The molecule has 0 aliphatic rings. The second kappa shape index (κ2) is 10.7. The van der Waals surface area contributed by atoms with E-state index in [1.165, 1.54) is 16.4 Å². The molecule has 0 saturated carbocycles. The number of nitrogens with one attached hydrogen (secondary N) is 1. The van der Waals surface area contributed by atoms with Crippen LogP contribution >= 0.6 is 15.9 Å². The van der Waals surface area contributed by atoms with Crippen molar-refractivity contribution in [2.45, 2.75) is 18.7 Å². The molecule has 0 radical (unpaired) electrons. The summed E-state index contributed by atoms with van der Waals surface area (Å²) in [5.41, 5.74) is 0.945. The first-order chi connectivity index (χ1) is 13.8. The lowest BCUT2D eigenvalue weighted by molar-refractivity contribution is 0.102. The topological polar surface area (TPSA) is 84.9 Å². The minimum absolute atomic E-state index is 0.194. The largest absolute Gasteiger partial charge is 0.490 e. The van der Waals surface area contributed by atoms with Crippen molar-refractivity contribution in [3.05, 3.63) is 52.5 Å². The lowest BCUT2D eigenvalue weighted by Crippen LogP contribution is -2.30. The standard InChI is InChI=1S/C20H25BrN2O5S/c1-4-23(5-2)29(25,26)17-9-7-16(8-10-17)22-20(24)15-6-11-19(18(21)14-15)28-13-12-27-3/h6-11,14H,4-5,12-13H2,1-3H3,(H,22,24). The number of halogens is 1. The van der Waals surface area contributed by atoms with Crippen LogP contribution in [-0.4, -0.2) is 52.0 Å². The molecule has 0 atom stereocenters. The summed E-state index contributed by atoms with van der Waals surface area (Å²) in [7, 11) is -1.93. The second-order valence-electron chi connectivity index (χ2n) is 6.05. The minimum atomic E-state index is -3.53. The number of benzene rings is 2. The zero-order valence-electron chi connectivity index (χ0n) is 16.6. The molecular weight excluding hydrogens is 460 g/mol. The number of ether oxygens (including phenoxy) is 2.